The molecule has 0 saturated carbocycles. The maximum absolute atomic E-state index is 4.55. The highest BCUT2D eigenvalue weighted by atomic mass is 79.9. The summed E-state index contributed by atoms with van der Waals surface area (Å²) in [4.78, 5) is 4.55. The van der Waals surface area contributed by atoms with E-state index >= 15 is 0 Å². The number of halogens is 1. The summed E-state index contributed by atoms with van der Waals surface area (Å²) in [6.45, 7) is 9.50. The van der Waals surface area contributed by atoms with E-state index in [4.69, 9.17) is 0 Å². The van der Waals surface area contributed by atoms with E-state index in [-0.39, 0.29) is 0 Å². The van der Waals surface area contributed by atoms with Crippen molar-refractivity contribution in [3.8, 4) is 0 Å². The van der Waals surface area contributed by atoms with Crippen molar-refractivity contribution in [3.05, 3.63) is 40.1 Å². The van der Waals surface area contributed by atoms with Crippen LogP contribution in [0.2, 0.25) is 0 Å². The molecule has 0 fully saturated rings. The molecule has 0 bridgehead atoms. The van der Waals surface area contributed by atoms with Crippen LogP contribution in [0.25, 0.3) is 0 Å². The third-order valence-electron chi connectivity index (χ3n) is 2.76. The van der Waals surface area contributed by atoms with E-state index in [0.717, 1.165) is 28.3 Å². The molecule has 2 aromatic rings. The number of hydrogen-bond donors (Lipinski definition) is 1. The van der Waals surface area contributed by atoms with Gasteiger partial charge in [-0.3, -0.25) is 0 Å². The van der Waals surface area contributed by atoms with Crippen LogP contribution in [0.3, 0.4) is 0 Å². The number of aromatic nitrogens is 2. The Morgan fingerprint density at radius 1 is 1.26 bits per heavy atom. The van der Waals surface area contributed by atoms with Crippen molar-refractivity contribution in [2.24, 2.45) is 5.92 Å². The van der Waals surface area contributed by atoms with Crippen LogP contribution in [0.1, 0.15) is 25.1 Å². The van der Waals surface area contributed by atoms with E-state index in [1.54, 1.807) is 0 Å². The Morgan fingerprint density at radius 3 is 2.63 bits per heavy atom. The van der Waals surface area contributed by atoms with E-state index in [1.807, 2.05) is 6.92 Å². The normalized spacial score (nSPS) is 11.1. The molecule has 2 rings (SSSR count). The molecule has 0 aliphatic rings. The second kappa shape index (κ2) is 5.78. The van der Waals surface area contributed by atoms with Crippen molar-refractivity contribution in [2.75, 3.05) is 5.32 Å². The van der Waals surface area contributed by atoms with E-state index in [2.05, 4.69) is 76.0 Å². The van der Waals surface area contributed by atoms with Gasteiger partial charge in [-0.2, -0.15) is 0 Å². The molecule has 0 atom stereocenters. The average Bonchev–Trinajstić information content (AvgIpc) is 2.56. The van der Waals surface area contributed by atoms with E-state index in [1.165, 1.54) is 5.56 Å². The van der Waals surface area contributed by atoms with Gasteiger partial charge in [0.05, 0.1) is 5.69 Å². The molecule has 0 radical (unpaired) electrons. The van der Waals surface area contributed by atoms with Gasteiger partial charge in [-0.25, -0.2) is 4.98 Å². The molecule has 0 amide bonds. The molecule has 3 nitrogen and oxygen atoms in total. The van der Waals surface area contributed by atoms with Crippen LogP contribution in [-0.4, -0.2) is 9.55 Å². The molecule has 0 aliphatic heterocycles. The standard InChI is InChI=1S/C15H20BrN3/c1-10(2)8-19-9-12(4)17-15(19)18-14-6-11(3)5-13(16)7-14/h5-7,9-10H,8H2,1-4H3,(H,17,18). The fourth-order valence-electron chi connectivity index (χ4n) is 2.12. The number of anilines is 2. The molecule has 0 aliphatic carbocycles. The summed E-state index contributed by atoms with van der Waals surface area (Å²) < 4.78 is 3.25. The summed E-state index contributed by atoms with van der Waals surface area (Å²) in [7, 11) is 0. The molecule has 1 aromatic heterocycles. The zero-order chi connectivity index (χ0) is 14.0. The van der Waals surface area contributed by atoms with Gasteiger partial charge in [0.15, 0.2) is 0 Å². The summed E-state index contributed by atoms with van der Waals surface area (Å²) in [5.74, 6) is 1.50. The number of imidazole rings is 1. The maximum atomic E-state index is 4.55. The Labute approximate surface area is 123 Å². The second-order valence-corrected chi connectivity index (χ2v) is 6.31. The van der Waals surface area contributed by atoms with Crippen LogP contribution in [0.5, 0.6) is 0 Å². The number of nitrogens with zero attached hydrogens (tertiary/aromatic N) is 2. The summed E-state index contributed by atoms with van der Waals surface area (Å²) in [6.07, 6.45) is 2.09. The van der Waals surface area contributed by atoms with E-state index in [9.17, 15) is 0 Å². The van der Waals surface area contributed by atoms with Crippen molar-refractivity contribution in [3.63, 3.8) is 0 Å². The first-order valence-corrected chi connectivity index (χ1v) is 7.31. The molecular formula is C15H20BrN3. The molecule has 1 aromatic carbocycles. The van der Waals surface area contributed by atoms with Crippen LogP contribution in [0.4, 0.5) is 11.6 Å². The average molecular weight is 322 g/mol. The fourth-order valence-corrected chi connectivity index (χ4v) is 2.72. The Kier molecular flexibility index (Phi) is 4.30. The SMILES string of the molecule is Cc1cc(Br)cc(Nc2nc(C)cn2CC(C)C)c1. The van der Waals surface area contributed by atoms with Crippen LogP contribution in [0.15, 0.2) is 28.9 Å². The molecule has 0 unspecified atom stereocenters. The highest BCUT2D eigenvalue weighted by Crippen LogP contribution is 2.23. The summed E-state index contributed by atoms with van der Waals surface area (Å²) in [6, 6.07) is 6.28. The molecule has 4 heteroatoms. The molecule has 0 spiro atoms. The lowest BCUT2D eigenvalue weighted by molar-refractivity contribution is 0.527. The van der Waals surface area contributed by atoms with Crippen molar-refractivity contribution in [2.45, 2.75) is 34.2 Å². The van der Waals surface area contributed by atoms with Crippen molar-refractivity contribution >= 4 is 27.6 Å². The van der Waals surface area contributed by atoms with Crippen molar-refractivity contribution in [1.82, 2.24) is 9.55 Å². The number of rotatable bonds is 4. The van der Waals surface area contributed by atoms with Crippen LogP contribution >= 0.6 is 15.9 Å². The van der Waals surface area contributed by atoms with Gasteiger partial charge in [-0.05, 0) is 43.5 Å². The summed E-state index contributed by atoms with van der Waals surface area (Å²) in [5.41, 5.74) is 3.31. The van der Waals surface area contributed by atoms with Crippen molar-refractivity contribution in [1.29, 1.82) is 0 Å². The quantitative estimate of drug-likeness (QED) is 0.887. The lowest BCUT2D eigenvalue weighted by Crippen LogP contribution is -2.07. The third-order valence-corrected chi connectivity index (χ3v) is 3.21. The lowest BCUT2D eigenvalue weighted by Gasteiger charge is -2.12. The highest BCUT2D eigenvalue weighted by Gasteiger charge is 2.08. The molecule has 1 heterocycles. The fraction of sp³-hybridized carbons (Fsp3) is 0.400. The Hall–Kier alpha value is -1.29. The Bertz CT molecular complexity index is 553. The number of hydrogen-bond acceptors (Lipinski definition) is 2. The molecular weight excluding hydrogens is 302 g/mol. The van der Waals surface area contributed by atoms with Gasteiger partial charge in [0, 0.05) is 22.9 Å². The van der Waals surface area contributed by atoms with Gasteiger partial charge in [-0.15, -0.1) is 0 Å². The zero-order valence-corrected chi connectivity index (χ0v) is 13.5. The molecule has 19 heavy (non-hydrogen) atoms. The van der Waals surface area contributed by atoms with Crippen LogP contribution < -0.4 is 5.32 Å². The van der Waals surface area contributed by atoms with Gasteiger partial charge in [0.1, 0.15) is 0 Å². The van der Waals surface area contributed by atoms with Crippen molar-refractivity contribution < 1.29 is 0 Å². The predicted octanol–water partition coefficient (Wildman–Crippen LogP) is 4.66. The predicted molar refractivity (Wildman–Crippen MR) is 84.0 cm³/mol. The smallest absolute Gasteiger partial charge is 0.207 e. The van der Waals surface area contributed by atoms with Gasteiger partial charge in [0.25, 0.3) is 0 Å². The topological polar surface area (TPSA) is 29.9 Å². The first-order valence-electron chi connectivity index (χ1n) is 6.52. The van der Waals surface area contributed by atoms with Crippen LogP contribution in [0, 0.1) is 19.8 Å². The second-order valence-electron chi connectivity index (χ2n) is 5.39. The van der Waals surface area contributed by atoms with Gasteiger partial charge >= 0.3 is 0 Å². The van der Waals surface area contributed by atoms with Crippen LogP contribution in [-0.2, 0) is 6.54 Å². The number of nitrogens with one attached hydrogen (secondary N) is 1. The highest BCUT2D eigenvalue weighted by molar-refractivity contribution is 9.10. The van der Waals surface area contributed by atoms with Gasteiger partial charge in [0.2, 0.25) is 5.95 Å². The van der Waals surface area contributed by atoms with Gasteiger partial charge in [-0.1, -0.05) is 29.8 Å². The Morgan fingerprint density at radius 2 is 2.00 bits per heavy atom. The first-order chi connectivity index (χ1) is 8.94. The van der Waals surface area contributed by atoms with E-state index < -0.39 is 0 Å². The summed E-state index contributed by atoms with van der Waals surface area (Å²) >= 11 is 3.52. The molecule has 0 saturated heterocycles. The molecule has 1 N–H and O–H groups in total. The summed E-state index contributed by atoms with van der Waals surface area (Å²) in [5, 5.41) is 3.40. The number of aryl methyl sites for hydroxylation is 2. The molecule has 102 valence electrons. The first kappa shape index (κ1) is 14.1. The monoisotopic (exact) mass is 321 g/mol. The third kappa shape index (κ3) is 3.83. The minimum Gasteiger partial charge on any atom is -0.326 e. The minimum absolute atomic E-state index is 0.596. The lowest BCUT2D eigenvalue weighted by atomic mass is 10.2. The van der Waals surface area contributed by atoms with E-state index in [0.29, 0.717) is 5.92 Å². The Balaban J connectivity index is 2.27. The van der Waals surface area contributed by atoms with Gasteiger partial charge < -0.3 is 9.88 Å². The minimum atomic E-state index is 0.596. The maximum Gasteiger partial charge on any atom is 0.207 e. The largest absolute Gasteiger partial charge is 0.326 e. The number of benzene rings is 1. The zero-order valence-electron chi connectivity index (χ0n) is 11.9.